The summed E-state index contributed by atoms with van der Waals surface area (Å²) in [5.74, 6) is 0.906. The number of hydrogen-bond donors (Lipinski definition) is 1. The third-order valence-corrected chi connectivity index (χ3v) is 7.06. The number of nitrogens with zero attached hydrogens (tertiary/aromatic N) is 2. The molecule has 1 spiro atoms. The molecular formula is C19H34ClN3O2. The van der Waals surface area contributed by atoms with Crippen LogP contribution in [0.1, 0.15) is 51.9 Å². The molecule has 0 unspecified atom stereocenters. The highest BCUT2D eigenvalue weighted by Crippen LogP contribution is 2.50. The lowest BCUT2D eigenvalue weighted by atomic mass is 9.64. The van der Waals surface area contributed by atoms with Crippen LogP contribution >= 0.6 is 12.4 Å². The third kappa shape index (κ3) is 3.93. The second-order valence-corrected chi connectivity index (χ2v) is 8.51. The van der Waals surface area contributed by atoms with Crippen LogP contribution in [0.15, 0.2) is 0 Å². The van der Waals surface area contributed by atoms with Crippen LogP contribution in [-0.2, 0) is 4.74 Å². The number of carbonyl (C=O) groups excluding carboxylic acids is 1. The average Bonchev–Trinajstić information content (AvgIpc) is 3.24. The molecule has 0 radical (unpaired) electrons. The highest BCUT2D eigenvalue weighted by molar-refractivity contribution is 5.85. The fourth-order valence-corrected chi connectivity index (χ4v) is 5.64. The number of carbonyl (C=O) groups is 1. The molecular weight excluding hydrogens is 338 g/mol. The minimum absolute atomic E-state index is 0. The van der Waals surface area contributed by atoms with Gasteiger partial charge in [-0.3, -0.25) is 0 Å². The summed E-state index contributed by atoms with van der Waals surface area (Å²) in [4.78, 5) is 16.6. The summed E-state index contributed by atoms with van der Waals surface area (Å²) in [6.07, 6.45) is 9.14. The van der Waals surface area contributed by atoms with Crippen LogP contribution in [0.4, 0.5) is 4.79 Å². The average molecular weight is 372 g/mol. The zero-order valence-corrected chi connectivity index (χ0v) is 16.4. The standard InChI is InChI=1S/C19H33N3O2.ClH/c1-2-24-18(23)22-11-7-19(14-22)12-16(13-19)21-9-5-15(6-10-21)17-4-3-8-20-17;/h15-17,20H,2-14H2,1H3;1H/t16?,17-,19?;/m0./s1. The fourth-order valence-electron chi connectivity index (χ4n) is 5.64. The maximum atomic E-state index is 11.9. The van der Waals surface area contributed by atoms with Gasteiger partial charge in [-0.05, 0) is 82.8 Å². The highest BCUT2D eigenvalue weighted by atomic mass is 35.5. The van der Waals surface area contributed by atoms with Crippen molar-refractivity contribution in [3.05, 3.63) is 0 Å². The monoisotopic (exact) mass is 371 g/mol. The Morgan fingerprint density at radius 2 is 1.96 bits per heavy atom. The Hall–Kier alpha value is -0.520. The quantitative estimate of drug-likeness (QED) is 0.828. The molecule has 1 saturated carbocycles. The van der Waals surface area contributed by atoms with E-state index in [1.807, 2.05) is 11.8 Å². The van der Waals surface area contributed by atoms with Gasteiger partial charge in [-0.2, -0.15) is 0 Å². The smallest absolute Gasteiger partial charge is 0.409 e. The molecule has 4 aliphatic rings. The largest absolute Gasteiger partial charge is 0.450 e. The van der Waals surface area contributed by atoms with Gasteiger partial charge in [0.05, 0.1) is 6.61 Å². The summed E-state index contributed by atoms with van der Waals surface area (Å²) in [6, 6.07) is 1.57. The van der Waals surface area contributed by atoms with E-state index < -0.39 is 0 Å². The second kappa shape index (κ2) is 8.01. The summed E-state index contributed by atoms with van der Waals surface area (Å²) in [5, 5.41) is 3.70. The first-order valence-corrected chi connectivity index (χ1v) is 10.1. The number of ether oxygens (including phenoxy) is 1. The molecule has 4 fully saturated rings. The maximum Gasteiger partial charge on any atom is 0.409 e. The molecule has 1 atom stereocenters. The molecule has 0 aromatic heterocycles. The van der Waals surface area contributed by atoms with Gasteiger partial charge in [-0.1, -0.05) is 0 Å². The molecule has 25 heavy (non-hydrogen) atoms. The Labute approximate surface area is 158 Å². The van der Waals surface area contributed by atoms with Crippen molar-refractivity contribution in [3.8, 4) is 0 Å². The SMILES string of the molecule is CCOC(=O)N1CCC2(CC(N3CCC([C@@H]4CCCN4)CC3)C2)C1.Cl. The number of hydrogen-bond acceptors (Lipinski definition) is 4. The summed E-state index contributed by atoms with van der Waals surface area (Å²) in [7, 11) is 0. The van der Waals surface area contributed by atoms with E-state index in [9.17, 15) is 4.79 Å². The van der Waals surface area contributed by atoms with E-state index in [0.717, 1.165) is 31.1 Å². The molecule has 4 rings (SSSR count). The van der Waals surface area contributed by atoms with Crippen LogP contribution in [0.25, 0.3) is 0 Å². The number of nitrogens with one attached hydrogen (secondary N) is 1. The Bertz CT molecular complexity index is 456. The molecule has 3 aliphatic heterocycles. The van der Waals surface area contributed by atoms with Crippen molar-refractivity contribution in [1.29, 1.82) is 0 Å². The number of likely N-dealkylation sites (tertiary alicyclic amines) is 2. The Balaban J connectivity index is 0.00000182. The van der Waals surface area contributed by atoms with Gasteiger partial charge >= 0.3 is 6.09 Å². The Morgan fingerprint density at radius 3 is 2.60 bits per heavy atom. The van der Waals surface area contributed by atoms with Gasteiger partial charge in [0.25, 0.3) is 0 Å². The van der Waals surface area contributed by atoms with E-state index >= 15 is 0 Å². The van der Waals surface area contributed by atoms with Crippen molar-refractivity contribution in [2.75, 3.05) is 39.3 Å². The van der Waals surface area contributed by atoms with Crippen LogP contribution < -0.4 is 5.32 Å². The number of halogens is 1. The minimum Gasteiger partial charge on any atom is -0.450 e. The molecule has 6 heteroatoms. The van der Waals surface area contributed by atoms with Crippen molar-refractivity contribution in [2.45, 2.75) is 64.0 Å². The molecule has 144 valence electrons. The van der Waals surface area contributed by atoms with Gasteiger partial charge < -0.3 is 19.9 Å². The lowest BCUT2D eigenvalue weighted by Gasteiger charge is -2.52. The van der Waals surface area contributed by atoms with Gasteiger partial charge in [-0.25, -0.2) is 4.79 Å². The van der Waals surface area contributed by atoms with E-state index in [2.05, 4.69) is 10.2 Å². The Kier molecular flexibility index (Phi) is 6.17. The normalized spacial score (nSPS) is 36.3. The summed E-state index contributed by atoms with van der Waals surface area (Å²) in [5.41, 5.74) is 0.404. The lowest BCUT2D eigenvalue weighted by Crippen LogP contribution is -2.55. The zero-order valence-electron chi connectivity index (χ0n) is 15.5. The summed E-state index contributed by atoms with van der Waals surface area (Å²) >= 11 is 0. The first kappa shape index (κ1) is 19.2. The first-order valence-electron chi connectivity index (χ1n) is 10.1. The van der Waals surface area contributed by atoms with Gasteiger partial charge in [0.15, 0.2) is 0 Å². The van der Waals surface area contributed by atoms with E-state index in [4.69, 9.17) is 4.74 Å². The lowest BCUT2D eigenvalue weighted by molar-refractivity contribution is -0.0115. The minimum atomic E-state index is -0.109. The Morgan fingerprint density at radius 1 is 1.20 bits per heavy atom. The van der Waals surface area contributed by atoms with Gasteiger partial charge in [0, 0.05) is 25.2 Å². The number of rotatable bonds is 3. The first-order chi connectivity index (χ1) is 11.7. The van der Waals surface area contributed by atoms with E-state index in [1.165, 1.54) is 64.6 Å². The van der Waals surface area contributed by atoms with E-state index in [1.54, 1.807) is 0 Å². The molecule has 0 aromatic carbocycles. The van der Waals surface area contributed by atoms with Crippen molar-refractivity contribution >= 4 is 18.5 Å². The second-order valence-electron chi connectivity index (χ2n) is 8.51. The van der Waals surface area contributed by atoms with Crippen molar-refractivity contribution in [2.24, 2.45) is 11.3 Å². The highest BCUT2D eigenvalue weighted by Gasteiger charge is 2.51. The summed E-state index contributed by atoms with van der Waals surface area (Å²) < 4.78 is 5.16. The van der Waals surface area contributed by atoms with Crippen LogP contribution in [0.3, 0.4) is 0 Å². The molecule has 1 amide bonds. The molecule has 1 aliphatic carbocycles. The van der Waals surface area contributed by atoms with Crippen LogP contribution in [-0.4, -0.2) is 67.3 Å². The van der Waals surface area contributed by atoms with Gasteiger partial charge in [-0.15, -0.1) is 12.4 Å². The topological polar surface area (TPSA) is 44.8 Å². The fraction of sp³-hybridized carbons (Fsp3) is 0.947. The molecule has 3 saturated heterocycles. The van der Waals surface area contributed by atoms with E-state index in [-0.39, 0.29) is 18.5 Å². The predicted octanol–water partition coefficient (Wildman–Crippen LogP) is 2.88. The molecule has 3 heterocycles. The van der Waals surface area contributed by atoms with Crippen LogP contribution in [0.5, 0.6) is 0 Å². The summed E-state index contributed by atoms with van der Waals surface area (Å²) in [6.45, 7) is 7.97. The van der Waals surface area contributed by atoms with Crippen LogP contribution in [0, 0.1) is 11.3 Å². The van der Waals surface area contributed by atoms with E-state index in [0.29, 0.717) is 12.0 Å². The number of piperidine rings is 1. The third-order valence-electron chi connectivity index (χ3n) is 7.06. The van der Waals surface area contributed by atoms with Crippen molar-refractivity contribution < 1.29 is 9.53 Å². The maximum absolute atomic E-state index is 11.9. The van der Waals surface area contributed by atoms with Crippen molar-refractivity contribution in [3.63, 3.8) is 0 Å². The van der Waals surface area contributed by atoms with Gasteiger partial charge in [0.1, 0.15) is 0 Å². The predicted molar refractivity (Wildman–Crippen MR) is 101 cm³/mol. The van der Waals surface area contributed by atoms with Crippen molar-refractivity contribution in [1.82, 2.24) is 15.1 Å². The van der Waals surface area contributed by atoms with Crippen LogP contribution in [0.2, 0.25) is 0 Å². The molecule has 1 N–H and O–H groups in total. The molecule has 5 nitrogen and oxygen atoms in total. The van der Waals surface area contributed by atoms with Gasteiger partial charge in [0.2, 0.25) is 0 Å². The molecule has 0 aromatic rings. The zero-order chi connectivity index (χ0) is 16.6. The number of amides is 1. The molecule has 0 bridgehead atoms.